The summed E-state index contributed by atoms with van der Waals surface area (Å²) >= 11 is 0. The van der Waals surface area contributed by atoms with Crippen LogP contribution in [0.1, 0.15) is 43.7 Å². The first-order chi connectivity index (χ1) is 13.6. The van der Waals surface area contributed by atoms with Crippen molar-refractivity contribution in [1.82, 2.24) is 9.80 Å². The topological polar surface area (TPSA) is 40.6 Å². The molecule has 0 atom stereocenters. The number of hydrogen-bond donors (Lipinski definition) is 0. The fourth-order valence-corrected chi connectivity index (χ4v) is 3.82. The standard InChI is InChI=1S/C24H30N2O2/c1-19(2)18-22(27)25-14-9-15-26(17-16-25)24(28)23(20-10-5-3-6-11-20)21-12-7-4-8-13-21/h3-8,10-13,19,23H,9,14-18H2,1-2H3. The predicted molar refractivity (Wildman–Crippen MR) is 112 cm³/mol. The van der Waals surface area contributed by atoms with Gasteiger partial charge in [-0.05, 0) is 23.5 Å². The van der Waals surface area contributed by atoms with Gasteiger partial charge < -0.3 is 9.80 Å². The van der Waals surface area contributed by atoms with Gasteiger partial charge in [0.1, 0.15) is 0 Å². The molecule has 1 aliphatic rings. The maximum atomic E-state index is 13.5. The second kappa shape index (κ2) is 9.54. The second-order valence-corrected chi connectivity index (χ2v) is 7.91. The second-order valence-electron chi connectivity index (χ2n) is 7.91. The Morgan fingerprint density at radius 3 is 1.82 bits per heavy atom. The third-order valence-corrected chi connectivity index (χ3v) is 5.26. The first-order valence-corrected chi connectivity index (χ1v) is 10.2. The highest BCUT2D eigenvalue weighted by Crippen LogP contribution is 2.27. The molecule has 0 N–H and O–H groups in total. The maximum absolute atomic E-state index is 13.5. The minimum Gasteiger partial charge on any atom is -0.341 e. The Kier molecular flexibility index (Phi) is 6.85. The zero-order valence-electron chi connectivity index (χ0n) is 16.9. The van der Waals surface area contributed by atoms with E-state index in [4.69, 9.17) is 0 Å². The molecule has 4 nitrogen and oxygen atoms in total. The fraction of sp³-hybridized carbons (Fsp3) is 0.417. The van der Waals surface area contributed by atoms with Gasteiger partial charge in [-0.1, -0.05) is 74.5 Å². The molecule has 0 aromatic heterocycles. The van der Waals surface area contributed by atoms with Crippen LogP contribution in [0.15, 0.2) is 60.7 Å². The van der Waals surface area contributed by atoms with Crippen LogP contribution in [-0.4, -0.2) is 47.8 Å². The Balaban J connectivity index is 1.77. The first kappa shape index (κ1) is 20.1. The normalized spacial score (nSPS) is 15.0. The molecule has 1 aliphatic heterocycles. The van der Waals surface area contributed by atoms with Gasteiger partial charge in [0.15, 0.2) is 0 Å². The van der Waals surface area contributed by atoms with Crippen LogP contribution in [0.25, 0.3) is 0 Å². The molecule has 2 aromatic carbocycles. The number of benzene rings is 2. The summed E-state index contributed by atoms with van der Waals surface area (Å²) in [5.74, 6) is 0.372. The molecule has 0 radical (unpaired) electrons. The summed E-state index contributed by atoms with van der Waals surface area (Å²) in [4.78, 5) is 29.8. The van der Waals surface area contributed by atoms with Gasteiger partial charge >= 0.3 is 0 Å². The van der Waals surface area contributed by atoms with Crippen molar-refractivity contribution in [1.29, 1.82) is 0 Å². The van der Waals surface area contributed by atoms with Gasteiger partial charge in [-0.3, -0.25) is 9.59 Å². The average molecular weight is 379 g/mol. The molecule has 4 heteroatoms. The van der Waals surface area contributed by atoms with Crippen LogP contribution in [0.5, 0.6) is 0 Å². The summed E-state index contributed by atoms with van der Waals surface area (Å²) in [6.07, 6.45) is 1.40. The summed E-state index contributed by atoms with van der Waals surface area (Å²) in [6, 6.07) is 19.9. The number of rotatable bonds is 5. The maximum Gasteiger partial charge on any atom is 0.234 e. The summed E-state index contributed by atoms with van der Waals surface area (Å²) < 4.78 is 0. The van der Waals surface area contributed by atoms with E-state index in [0.29, 0.717) is 32.0 Å². The lowest BCUT2D eigenvalue weighted by atomic mass is 9.90. The summed E-state index contributed by atoms with van der Waals surface area (Å²) in [7, 11) is 0. The number of carbonyl (C=O) groups excluding carboxylic acids is 2. The zero-order valence-corrected chi connectivity index (χ0v) is 16.9. The molecule has 0 saturated carbocycles. The van der Waals surface area contributed by atoms with Crippen LogP contribution in [0.4, 0.5) is 0 Å². The molecule has 148 valence electrons. The molecule has 0 bridgehead atoms. The molecule has 0 aliphatic carbocycles. The number of carbonyl (C=O) groups is 2. The number of nitrogens with zero attached hydrogens (tertiary/aromatic N) is 2. The van der Waals surface area contributed by atoms with Gasteiger partial charge in [-0.2, -0.15) is 0 Å². The van der Waals surface area contributed by atoms with Crippen molar-refractivity contribution in [3.8, 4) is 0 Å². The van der Waals surface area contributed by atoms with Crippen molar-refractivity contribution >= 4 is 11.8 Å². The van der Waals surface area contributed by atoms with Gasteiger partial charge in [0, 0.05) is 32.6 Å². The lowest BCUT2D eigenvalue weighted by molar-refractivity contribution is -0.134. The summed E-state index contributed by atoms with van der Waals surface area (Å²) in [5.41, 5.74) is 2.02. The largest absolute Gasteiger partial charge is 0.341 e. The van der Waals surface area contributed by atoms with Crippen molar-refractivity contribution < 1.29 is 9.59 Å². The average Bonchev–Trinajstić information content (AvgIpc) is 2.96. The van der Waals surface area contributed by atoms with E-state index >= 15 is 0 Å². The van der Waals surface area contributed by atoms with Crippen LogP contribution >= 0.6 is 0 Å². The first-order valence-electron chi connectivity index (χ1n) is 10.2. The van der Waals surface area contributed by atoms with E-state index in [0.717, 1.165) is 24.1 Å². The minimum atomic E-state index is -0.305. The van der Waals surface area contributed by atoms with Crippen molar-refractivity contribution in [2.24, 2.45) is 5.92 Å². The Morgan fingerprint density at radius 1 is 0.786 bits per heavy atom. The zero-order chi connectivity index (χ0) is 19.9. The fourth-order valence-electron chi connectivity index (χ4n) is 3.82. The highest BCUT2D eigenvalue weighted by Gasteiger charge is 2.29. The van der Waals surface area contributed by atoms with Crippen LogP contribution in [0.2, 0.25) is 0 Å². The van der Waals surface area contributed by atoms with E-state index in [1.807, 2.05) is 70.5 Å². The lowest BCUT2D eigenvalue weighted by Crippen LogP contribution is -2.39. The van der Waals surface area contributed by atoms with Crippen molar-refractivity contribution in [2.75, 3.05) is 26.2 Å². The molecule has 0 spiro atoms. The smallest absolute Gasteiger partial charge is 0.234 e. The van der Waals surface area contributed by atoms with E-state index in [2.05, 4.69) is 13.8 Å². The lowest BCUT2D eigenvalue weighted by Gasteiger charge is -2.27. The highest BCUT2D eigenvalue weighted by atomic mass is 16.2. The molecule has 1 fully saturated rings. The van der Waals surface area contributed by atoms with E-state index in [1.54, 1.807) is 0 Å². The number of amides is 2. The van der Waals surface area contributed by atoms with E-state index in [1.165, 1.54) is 0 Å². The third kappa shape index (κ3) is 5.00. The Hall–Kier alpha value is -2.62. The molecule has 28 heavy (non-hydrogen) atoms. The van der Waals surface area contributed by atoms with Gasteiger partial charge in [-0.15, -0.1) is 0 Å². The monoisotopic (exact) mass is 378 g/mol. The van der Waals surface area contributed by atoms with Crippen molar-refractivity contribution in [3.63, 3.8) is 0 Å². The third-order valence-electron chi connectivity index (χ3n) is 5.26. The van der Waals surface area contributed by atoms with Crippen molar-refractivity contribution in [2.45, 2.75) is 32.6 Å². The SMILES string of the molecule is CC(C)CC(=O)N1CCCN(C(=O)C(c2ccccc2)c2ccccc2)CC1. The minimum absolute atomic E-state index is 0.121. The number of hydrogen-bond acceptors (Lipinski definition) is 2. The molecular formula is C24H30N2O2. The van der Waals surface area contributed by atoms with Gasteiger partial charge in [0.05, 0.1) is 5.92 Å². The Morgan fingerprint density at radius 2 is 1.29 bits per heavy atom. The summed E-state index contributed by atoms with van der Waals surface area (Å²) in [6.45, 7) is 6.77. The highest BCUT2D eigenvalue weighted by molar-refractivity contribution is 5.87. The summed E-state index contributed by atoms with van der Waals surface area (Å²) in [5, 5.41) is 0. The van der Waals surface area contributed by atoms with E-state index < -0.39 is 0 Å². The Bertz CT molecular complexity index is 734. The molecule has 2 aromatic rings. The van der Waals surface area contributed by atoms with Crippen LogP contribution in [0, 0.1) is 5.92 Å². The quantitative estimate of drug-likeness (QED) is 0.791. The van der Waals surface area contributed by atoms with Crippen LogP contribution < -0.4 is 0 Å². The van der Waals surface area contributed by atoms with Crippen LogP contribution in [0.3, 0.4) is 0 Å². The predicted octanol–water partition coefficient (Wildman–Crippen LogP) is 3.93. The van der Waals surface area contributed by atoms with Gasteiger partial charge in [-0.25, -0.2) is 0 Å². The van der Waals surface area contributed by atoms with E-state index in [-0.39, 0.29) is 17.7 Å². The van der Waals surface area contributed by atoms with Gasteiger partial charge in [0.2, 0.25) is 11.8 Å². The molecule has 0 unspecified atom stereocenters. The molecule has 1 saturated heterocycles. The Labute approximate surface area is 168 Å². The van der Waals surface area contributed by atoms with Crippen LogP contribution in [-0.2, 0) is 9.59 Å². The molecule has 1 heterocycles. The van der Waals surface area contributed by atoms with Gasteiger partial charge in [0.25, 0.3) is 0 Å². The molecular weight excluding hydrogens is 348 g/mol. The van der Waals surface area contributed by atoms with Crippen molar-refractivity contribution in [3.05, 3.63) is 71.8 Å². The molecule has 3 rings (SSSR count). The molecule has 2 amide bonds. The van der Waals surface area contributed by atoms with E-state index in [9.17, 15) is 9.59 Å².